The van der Waals surface area contributed by atoms with Crippen LogP contribution < -0.4 is 10.7 Å². The van der Waals surface area contributed by atoms with Crippen molar-refractivity contribution < 1.29 is 4.74 Å². The Balaban J connectivity index is 1.75. The maximum absolute atomic E-state index is 5.52. The second-order valence-corrected chi connectivity index (χ2v) is 5.48. The van der Waals surface area contributed by atoms with Crippen molar-refractivity contribution in [2.75, 3.05) is 13.2 Å². The van der Waals surface area contributed by atoms with Gasteiger partial charge in [0.15, 0.2) is 5.11 Å². The van der Waals surface area contributed by atoms with E-state index in [0.717, 1.165) is 31.6 Å². The van der Waals surface area contributed by atoms with Crippen LogP contribution in [0.1, 0.15) is 29.5 Å². The minimum absolute atomic E-state index is 0.276. The van der Waals surface area contributed by atoms with E-state index in [4.69, 9.17) is 17.0 Å². The summed E-state index contributed by atoms with van der Waals surface area (Å²) in [6.45, 7) is 5.75. The lowest BCUT2D eigenvalue weighted by molar-refractivity contribution is 0.114. The van der Waals surface area contributed by atoms with Gasteiger partial charge in [-0.3, -0.25) is 5.43 Å². The molecule has 0 aromatic heterocycles. The maximum Gasteiger partial charge on any atom is 0.187 e. The van der Waals surface area contributed by atoms with Crippen molar-refractivity contribution in [1.82, 2.24) is 10.7 Å². The molecule has 0 aliphatic carbocycles. The Kier molecular flexibility index (Phi) is 5.49. The molecule has 0 spiro atoms. The summed E-state index contributed by atoms with van der Waals surface area (Å²) < 4.78 is 5.52. The molecule has 1 aromatic rings. The summed E-state index contributed by atoms with van der Waals surface area (Å²) in [6, 6.07) is 6.26. The van der Waals surface area contributed by atoms with Gasteiger partial charge in [-0.1, -0.05) is 23.8 Å². The first-order valence-corrected chi connectivity index (χ1v) is 7.32. The van der Waals surface area contributed by atoms with Crippen LogP contribution in [-0.2, 0) is 4.74 Å². The maximum atomic E-state index is 5.52. The SMILES string of the molecule is Cc1ccc(/C=N\NC(=S)NC[C@H]2CCCO2)c(C)c1. The van der Waals surface area contributed by atoms with Crippen LogP contribution in [0, 0.1) is 13.8 Å². The van der Waals surface area contributed by atoms with Crippen molar-refractivity contribution in [2.24, 2.45) is 5.10 Å². The Hall–Kier alpha value is -1.46. The second kappa shape index (κ2) is 7.36. The van der Waals surface area contributed by atoms with E-state index in [-0.39, 0.29) is 6.10 Å². The van der Waals surface area contributed by atoms with Crippen molar-refractivity contribution in [3.63, 3.8) is 0 Å². The average Bonchev–Trinajstić information content (AvgIpc) is 2.92. The quantitative estimate of drug-likeness (QED) is 0.507. The molecule has 108 valence electrons. The molecule has 1 aliphatic heterocycles. The molecule has 0 radical (unpaired) electrons. The number of hydrogen-bond acceptors (Lipinski definition) is 3. The number of rotatable bonds is 4. The minimum atomic E-state index is 0.276. The summed E-state index contributed by atoms with van der Waals surface area (Å²) in [5.41, 5.74) is 6.37. The van der Waals surface area contributed by atoms with Gasteiger partial charge in [-0.2, -0.15) is 5.10 Å². The molecule has 1 aliphatic rings. The molecule has 1 saturated heterocycles. The fourth-order valence-electron chi connectivity index (χ4n) is 2.18. The largest absolute Gasteiger partial charge is 0.376 e. The number of nitrogens with one attached hydrogen (secondary N) is 2. The van der Waals surface area contributed by atoms with Gasteiger partial charge < -0.3 is 10.1 Å². The van der Waals surface area contributed by atoms with Gasteiger partial charge in [-0.05, 0) is 50.0 Å². The summed E-state index contributed by atoms with van der Waals surface area (Å²) in [5, 5.41) is 7.80. The number of thiocarbonyl (C=S) groups is 1. The Morgan fingerprint density at radius 2 is 2.35 bits per heavy atom. The van der Waals surface area contributed by atoms with Crippen LogP contribution in [0.25, 0.3) is 0 Å². The third-order valence-corrected chi connectivity index (χ3v) is 3.54. The van der Waals surface area contributed by atoms with Crippen LogP contribution in [0.5, 0.6) is 0 Å². The highest BCUT2D eigenvalue weighted by atomic mass is 32.1. The van der Waals surface area contributed by atoms with Crippen LogP contribution >= 0.6 is 12.2 Å². The molecule has 0 amide bonds. The van der Waals surface area contributed by atoms with Crippen molar-refractivity contribution >= 4 is 23.5 Å². The third-order valence-electron chi connectivity index (χ3n) is 3.31. The first-order chi connectivity index (χ1) is 9.65. The first kappa shape index (κ1) is 14.9. The van der Waals surface area contributed by atoms with Gasteiger partial charge >= 0.3 is 0 Å². The third kappa shape index (κ3) is 4.58. The number of aryl methyl sites for hydroxylation is 2. The first-order valence-electron chi connectivity index (χ1n) is 6.91. The van der Waals surface area contributed by atoms with Crippen molar-refractivity contribution in [1.29, 1.82) is 0 Å². The van der Waals surface area contributed by atoms with Crippen LogP contribution in [0.2, 0.25) is 0 Å². The summed E-state index contributed by atoms with van der Waals surface area (Å²) >= 11 is 5.17. The molecule has 20 heavy (non-hydrogen) atoms. The van der Waals surface area contributed by atoms with E-state index < -0.39 is 0 Å². The van der Waals surface area contributed by atoms with Gasteiger partial charge in [-0.15, -0.1) is 0 Å². The molecule has 1 aromatic carbocycles. The van der Waals surface area contributed by atoms with Gasteiger partial charge in [0.1, 0.15) is 0 Å². The lowest BCUT2D eigenvalue weighted by atomic mass is 10.1. The highest BCUT2D eigenvalue weighted by molar-refractivity contribution is 7.80. The highest BCUT2D eigenvalue weighted by Gasteiger charge is 2.14. The summed E-state index contributed by atoms with van der Waals surface area (Å²) in [7, 11) is 0. The van der Waals surface area contributed by atoms with Gasteiger partial charge in [0.25, 0.3) is 0 Å². The summed E-state index contributed by atoms with van der Waals surface area (Å²) in [5.74, 6) is 0. The Morgan fingerprint density at radius 3 is 3.05 bits per heavy atom. The molecule has 5 heteroatoms. The fraction of sp³-hybridized carbons (Fsp3) is 0.467. The predicted molar refractivity (Wildman–Crippen MR) is 86.2 cm³/mol. The van der Waals surface area contributed by atoms with Crippen LogP contribution in [0.15, 0.2) is 23.3 Å². The van der Waals surface area contributed by atoms with Crippen LogP contribution in [-0.4, -0.2) is 30.6 Å². The standard InChI is InChI=1S/C15H21N3OS/c1-11-5-6-13(12(2)8-11)9-17-18-15(20)16-10-14-4-3-7-19-14/h5-6,8-9,14H,3-4,7,10H2,1-2H3,(H2,16,18,20)/b17-9-/t14-/m1/s1. The number of benzene rings is 1. The van der Waals surface area contributed by atoms with Gasteiger partial charge in [0.05, 0.1) is 12.3 Å². The van der Waals surface area contributed by atoms with Crippen molar-refractivity contribution in [3.8, 4) is 0 Å². The Labute approximate surface area is 125 Å². The summed E-state index contributed by atoms with van der Waals surface area (Å²) in [4.78, 5) is 0. The molecule has 1 atom stereocenters. The van der Waals surface area contributed by atoms with E-state index in [1.807, 2.05) is 0 Å². The van der Waals surface area contributed by atoms with E-state index in [0.29, 0.717) is 5.11 Å². The summed E-state index contributed by atoms with van der Waals surface area (Å²) in [6.07, 6.45) is 4.30. The van der Waals surface area contributed by atoms with E-state index in [9.17, 15) is 0 Å². The number of nitrogens with zero attached hydrogens (tertiary/aromatic N) is 1. The number of hydrogen-bond donors (Lipinski definition) is 2. The lowest BCUT2D eigenvalue weighted by Gasteiger charge is -2.11. The van der Waals surface area contributed by atoms with Crippen LogP contribution in [0.4, 0.5) is 0 Å². The molecule has 1 heterocycles. The molecule has 0 bridgehead atoms. The molecule has 2 rings (SSSR count). The molecule has 2 N–H and O–H groups in total. The molecular weight excluding hydrogens is 270 g/mol. The van der Waals surface area contributed by atoms with E-state index in [1.165, 1.54) is 11.1 Å². The van der Waals surface area contributed by atoms with E-state index >= 15 is 0 Å². The second-order valence-electron chi connectivity index (χ2n) is 5.08. The van der Waals surface area contributed by atoms with Crippen LogP contribution in [0.3, 0.4) is 0 Å². The minimum Gasteiger partial charge on any atom is -0.376 e. The molecule has 4 nitrogen and oxygen atoms in total. The van der Waals surface area contributed by atoms with Gasteiger partial charge in [0.2, 0.25) is 0 Å². The molecular formula is C15H21N3OS. The van der Waals surface area contributed by atoms with E-state index in [2.05, 4.69) is 47.9 Å². The normalized spacial score (nSPS) is 18.4. The zero-order valence-electron chi connectivity index (χ0n) is 12.0. The average molecular weight is 291 g/mol. The van der Waals surface area contributed by atoms with Crippen molar-refractivity contribution in [2.45, 2.75) is 32.8 Å². The zero-order chi connectivity index (χ0) is 14.4. The molecule has 1 fully saturated rings. The lowest BCUT2D eigenvalue weighted by Crippen LogP contribution is -2.37. The van der Waals surface area contributed by atoms with Gasteiger partial charge in [0, 0.05) is 13.2 Å². The van der Waals surface area contributed by atoms with Gasteiger partial charge in [-0.25, -0.2) is 0 Å². The number of hydrazone groups is 1. The Morgan fingerprint density at radius 1 is 1.50 bits per heavy atom. The topological polar surface area (TPSA) is 45.7 Å². The smallest absolute Gasteiger partial charge is 0.187 e. The molecule has 0 saturated carbocycles. The Bertz CT molecular complexity index is 496. The highest BCUT2D eigenvalue weighted by Crippen LogP contribution is 2.10. The predicted octanol–water partition coefficient (Wildman–Crippen LogP) is 2.28. The molecule has 0 unspecified atom stereocenters. The fourth-order valence-corrected chi connectivity index (χ4v) is 2.32. The van der Waals surface area contributed by atoms with E-state index in [1.54, 1.807) is 6.21 Å². The number of ether oxygens (including phenoxy) is 1. The zero-order valence-corrected chi connectivity index (χ0v) is 12.8. The van der Waals surface area contributed by atoms with Crippen molar-refractivity contribution in [3.05, 3.63) is 34.9 Å². The monoisotopic (exact) mass is 291 g/mol.